The number of nitrogens with zero attached hydrogens (tertiary/aromatic N) is 1. The standard InChI is InChI=1S/C13H19NO3S2/c1-14(13(15)11-7-5-9-18-11)10-6-3-4-8-12(10)19(2,16)17/h5,7,9-10,12H,3-4,6,8H2,1-2H3/t10-,12+/m1/s1. The van der Waals surface area contributed by atoms with Crippen LogP contribution in [0.1, 0.15) is 35.4 Å². The van der Waals surface area contributed by atoms with Gasteiger partial charge in [-0.05, 0) is 24.3 Å². The lowest BCUT2D eigenvalue weighted by Gasteiger charge is -2.36. The molecular formula is C13H19NO3S2. The van der Waals surface area contributed by atoms with Crippen molar-refractivity contribution in [3.05, 3.63) is 22.4 Å². The normalized spacial score (nSPS) is 24.1. The predicted molar refractivity (Wildman–Crippen MR) is 77.3 cm³/mol. The van der Waals surface area contributed by atoms with Gasteiger partial charge in [0.25, 0.3) is 5.91 Å². The molecule has 2 atom stereocenters. The first-order valence-electron chi connectivity index (χ1n) is 6.41. The molecule has 2 rings (SSSR count). The summed E-state index contributed by atoms with van der Waals surface area (Å²) in [5, 5.41) is 1.44. The average molecular weight is 301 g/mol. The number of hydrogen-bond acceptors (Lipinski definition) is 4. The van der Waals surface area contributed by atoms with E-state index in [1.165, 1.54) is 17.6 Å². The van der Waals surface area contributed by atoms with Gasteiger partial charge in [0.1, 0.15) is 0 Å². The minimum atomic E-state index is -3.11. The molecule has 106 valence electrons. The molecule has 0 radical (unpaired) electrons. The van der Waals surface area contributed by atoms with Gasteiger partial charge in [-0.2, -0.15) is 0 Å². The zero-order chi connectivity index (χ0) is 14.0. The van der Waals surface area contributed by atoms with Crippen molar-refractivity contribution < 1.29 is 13.2 Å². The van der Waals surface area contributed by atoms with Crippen LogP contribution in [-0.2, 0) is 9.84 Å². The summed E-state index contributed by atoms with van der Waals surface area (Å²) in [5.74, 6) is -0.0736. The number of sulfone groups is 1. The van der Waals surface area contributed by atoms with Gasteiger partial charge in [-0.3, -0.25) is 4.79 Å². The second-order valence-electron chi connectivity index (χ2n) is 5.11. The van der Waals surface area contributed by atoms with Gasteiger partial charge in [0.2, 0.25) is 0 Å². The van der Waals surface area contributed by atoms with Crippen LogP contribution in [-0.4, -0.2) is 43.8 Å². The topological polar surface area (TPSA) is 54.5 Å². The molecule has 1 fully saturated rings. The summed E-state index contributed by atoms with van der Waals surface area (Å²) in [6.07, 6.45) is 4.62. The molecule has 1 saturated carbocycles. The van der Waals surface area contributed by atoms with Gasteiger partial charge in [-0.15, -0.1) is 11.3 Å². The number of carbonyl (C=O) groups is 1. The van der Waals surface area contributed by atoms with Crippen LogP contribution in [0.2, 0.25) is 0 Å². The molecule has 1 heterocycles. The minimum absolute atomic E-state index is 0.0736. The van der Waals surface area contributed by atoms with Gasteiger partial charge in [0, 0.05) is 19.3 Å². The van der Waals surface area contributed by atoms with Crippen LogP contribution >= 0.6 is 11.3 Å². The maximum Gasteiger partial charge on any atom is 0.263 e. The third kappa shape index (κ3) is 3.17. The van der Waals surface area contributed by atoms with Gasteiger partial charge >= 0.3 is 0 Å². The van der Waals surface area contributed by atoms with E-state index >= 15 is 0 Å². The highest BCUT2D eigenvalue weighted by Crippen LogP contribution is 2.28. The Kier molecular flexibility index (Phi) is 4.30. The van der Waals surface area contributed by atoms with Crippen molar-refractivity contribution in [1.29, 1.82) is 0 Å². The van der Waals surface area contributed by atoms with Crippen LogP contribution in [0.3, 0.4) is 0 Å². The third-order valence-electron chi connectivity index (χ3n) is 3.77. The molecular weight excluding hydrogens is 282 g/mol. The molecule has 1 aliphatic rings. The smallest absolute Gasteiger partial charge is 0.263 e. The van der Waals surface area contributed by atoms with Gasteiger partial charge < -0.3 is 4.90 Å². The van der Waals surface area contributed by atoms with E-state index in [2.05, 4.69) is 0 Å². The molecule has 1 aliphatic carbocycles. The third-order valence-corrected chi connectivity index (χ3v) is 6.28. The molecule has 0 N–H and O–H groups in total. The molecule has 19 heavy (non-hydrogen) atoms. The lowest BCUT2D eigenvalue weighted by atomic mass is 9.93. The maximum absolute atomic E-state index is 12.3. The second-order valence-corrected chi connectivity index (χ2v) is 8.33. The first kappa shape index (κ1) is 14.5. The number of rotatable bonds is 3. The Hall–Kier alpha value is -0.880. The first-order valence-corrected chi connectivity index (χ1v) is 9.24. The Morgan fingerprint density at radius 1 is 1.37 bits per heavy atom. The lowest BCUT2D eigenvalue weighted by molar-refractivity contribution is 0.0705. The summed E-state index contributed by atoms with van der Waals surface area (Å²) in [4.78, 5) is 14.6. The van der Waals surface area contributed by atoms with Crippen molar-refractivity contribution in [3.63, 3.8) is 0 Å². The Balaban J connectivity index is 2.21. The summed E-state index contributed by atoms with van der Waals surface area (Å²) in [6.45, 7) is 0. The summed E-state index contributed by atoms with van der Waals surface area (Å²) < 4.78 is 23.7. The second kappa shape index (κ2) is 5.63. The van der Waals surface area contributed by atoms with E-state index in [-0.39, 0.29) is 11.9 Å². The molecule has 6 heteroatoms. The van der Waals surface area contributed by atoms with Gasteiger partial charge in [-0.25, -0.2) is 8.42 Å². The lowest BCUT2D eigenvalue weighted by Crippen LogP contribution is -2.49. The van der Waals surface area contributed by atoms with Crippen molar-refractivity contribution in [1.82, 2.24) is 4.90 Å². The first-order chi connectivity index (χ1) is 8.91. The van der Waals surface area contributed by atoms with Gasteiger partial charge in [0.15, 0.2) is 9.84 Å². The molecule has 0 spiro atoms. The molecule has 0 saturated heterocycles. The molecule has 0 bridgehead atoms. The highest BCUT2D eigenvalue weighted by molar-refractivity contribution is 7.91. The molecule has 0 aromatic carbocycles. The molecule has 4 nitrogen and oxygen atoms in total. The molecule has 1 amide bonds. The van der Waals surface area contributed by atoms with Crippen LogP contribution in [0, 0.1) is 0 Å². The predicted octanol–water partition coefficient (Wildman–Crippen LogP) is 2.18. The van der Waals surface area contributed by atoms with E-state index < -0.39 is 15.1 Å². The summed E-state index contributed by atoms with van der Waals surface area (Å²) >= 11 is 1.39. The number of hydrogen-bond donors (Lipinski definition) is 0. The van der Waals surface area contributed by atoms with E-state index in [4.69, 9.17) is 0 Å². The average Bonchev–Trinajstić information content (AvgIpc) is 2.90. The monoisotopic (exact) mass is 301 g/mol. The van der Waals surface area contributed by atoms with Crippen molar-refractivity contribution in [2.45, 2.75) is 37.0 Å². The minimum Gasteiger partial charge on any atom is -0.337 e. The van der Waals surface area contributed by atoms with Crippen molar-refractivity contribution in [2.24, 2.45) is 0 Å². The molecule has 0 aliphatic heterocycles. The number of thiophene rings is 1. The zero-order valence-electron chi connectivity index (χ0n) is 11.2. The van der Waals surface area contributed by atoms with Crippen LogP contribution in [0.4, 0.5) is 0 Å². The zero-order valence-corrected chi connectivity index (χ0v) is 12.8. The van der Waals surface area contributed by atoms with Crippen molar-refractivity contribution >= 4 is 27.1 Å². The van der Waals surface area contributed by atoms with Crippen LogP contribution < -0.4 is 0 Å². The number of carbonyl (C=O) groups excluding carboxylic acids is 1. The Labute approximate surface area is 118 Å². The highest BCUT2D eigenvalue weighted by atomic mass is 32.2. The number of amides is 1. The maximum atomic E-state index is 12.3. The van der Waals surface area contributed by atoms with E-state index in [0.29, 0.717) is 11.3 Å². The largest absolute Gasteiger partial charge is 0.337 e. The SMILES string of the molecule is CN(C(=O)c1cccs1)[C@@H]1CCCC[C@@H]1S(C)(=O)=O. The Morgan fingerprint density at radius 2 is 2.05 bits per heavy atom. The highest BCUT2D eigenvalue weighted by Gasteiger charge is 2.37. The van der Waals surface area contributed by atoms with Crippen molar-refractivity contribution in [3.8, 4) is 0 Å². The quantitative estimate of drug-likeness (QED) is 0.860. The van der Waals surface area contributed by atoms with Gasteiger partial charge in [-0.1, -0.05) is 18.9 Å². The summed E-state index contributed by atoms with van der Waals surface area (Å²) in [5.41, 5.74) is 0. The fourth-order valence-electron chi connectivity index (χ4n) is 2.74. The van der Waals surface area contributed by atoms with E-state index in [1.807, 2.05) is 11.4 Å². The van der Waals surface area contributed by atoms with Crippen LogP contribution in [0.25, 0.3) is 0 Å². The van der Waals surface area contributed by atoms with Crippen LogP contribution in [0.5, 0.6) is 0 Å². The van der Waals surface area contributed by atoms with Gasteiger partial charge in [0.05, 0.1) is 10.1 Å². The van der Waals surface area contributed by atoms with Crippen molar-refractivity contribution in [2.75, 3.05) is 13.3 Å². The van der Waals surface area contributed by atoms with E-state index in [9.17, 15) is 13.2 Å². The van der Waals surface area contributed by atoms with Crippen LogP contribution in [0.15, 0.2) is 17.5 Å². The summed E-state index contributed by atoms with van der Waals surface area (Å²) in [7, 11) is -1.39. The molecule has 1 aromatic rings. The molecule has 1 aromatic heterocycles. The fourth-order valence-corrected chi connectivity index (χ4v) is 4.93. The Bertz CT molecular complexity index is 536. The Morgan fingerprint density at radius 3 is 2.63 bits per heavy atom. The van der Waals surface area contributed by atoms with E-state index in [0.717, 1.165) is 19.3 Å². The summed E-state index contributed by atoms with van der Waals surface area (Å²) in [6, 6.07) is 3.42. The molecule has 0 unspecified atom stereocenters. The van der Waals surface area contributed by atoms with E-state index in [1.54, 1.807) is 18.0 Å². The fraction of sp³-hybridized carbons (Fsp3) is 0.615.